The van der Waals surface area contributed by atoms with Crippen molar-refractivity contribution < 1.29 is 19.4 Å². The topological polar surface area (TPSA) is 59.0 Å². The van der Waals surface area contributed by atoms with Crippen molar-refractivity contribution in [2.24, 2.45) is 5.92 Å². The van der Waals surface area contributed by atoms with E-state index in [0.717, 1.165) is 0 Å². The van der Waals surface area contributed by atoms with E-state index in [-0.39, 0.29) is 24.7 Å². The van der Waals surface area contributed by atoms with Gasteiger partial charge in [0.1, 0.15) is 11.3 Å². The third kappa shape index (κ3) is 4.71. The molecule has 1 amide bonds. The van der Waals surface area contributed by atoms with E-state index in [9.17, 15) is 9.90 Å². The molecule has 0 bridgehead atoms. The highest BCUT2D eigenvalue weighted by atomic mass is 16.6. The van der Waals surface area contributed by atoms with Gasteiger partial charge in [0.2, 0.25) is 0 Å². The van der Waals surface area contributed by atoms with Gasteiger partial charge >= 0.3 is 6.09 Å². The van der Waals surface area contributed by atoms with Crippen LogP contribution in [0, 0.1) is 5.92 Å². The summed E-state index contributed by atoms with van der Waals surface area (Å²) in [5, 5.41) is 9.26. The molecule has 0 radical (unpaired) electrons. The SMILES string of the molecule is CC=C[C@H](CCO)C1COC(C)(C)N1C(=O)OC(C)(C)C. The number of carbonyl (C=O) groups is 1. The second-order valence-corrected chi connectivity index (χ2v) is 6.88. The average Bonchev–Trinajstić information content (AvgIpc) is 2.62. The molecule has 1 fully saturated rings. The first-order valence-corrected chi connectivity index (χ1v) is 7.52. The van der Waals surface area contributed by atoms with Gasteiger partial charge < -0.3 is 14.6 Å². The van der Waals surface area contributed by atoms with Crippen molar-refractivity contribution in [3.8, 4) is 0 Å². The zero-order valence-corrected chi connectivity index (χ0v) is 14.0. The summed E-state index contributed by atoms with van der Waals surface area (Å²) in [6, 6.07) is -0.127. The van der Waals surface area contributed by atoms with Gasteiger partial charge in [0.25, 0.3) is 0 Å². The molecule has 0 saturated carbocycles. The Hall–Kier alpha value is -1.07. The van der Waals surface area contributed by atoms with Gasteiger partial charge in [-0.3, -0.25) is 4.90 Å². The number of hydrogen-bond donors (Lipinski definition) is 1. The van der Waals surface area contributed by atoms with Crippen LogP contribution in [0.3, 0.4) is 0 Å². The molecule has 5 heteroatoms. The Morgan fingerprint density at radius 1 is 1.52 bits per heavy atom. The fourth-order valence-corrected chi connectivity index (χ4v) is 2.63. The molecule has 1 saturated heterocycles. The van der Waals surface area contributed by atoms with Crippen LogP contribution in [-0.4, -0.2) is 46.7 Å². The number of amides is 1. The third-order valence-corrected chi connectivity index (χ3v) is 3.51. The van der Waals surface area contributed by atoms with Crippen LogP contribution in [0.1, 0.15) is 48.0 Å². The maximum Gasteiger partial charge on any atom is 0.412 e. The zero-order chi connectivity index (χ0) is 16.3. The van der Waals surface area contributed by atoms with Crippen LogP contribution in [0.5, 0.6) is 0 Å². The first-order valence-electron chi connectivity index (χ1n) is 7.52. The molecule has 5 nitrogen and oxygen atoms in total. The standard InChI is InChI=1S/C16H29NO4/c1-7-8-12(9-10-18)13-11-20-16(5,6)17(13)14(19)21-15(2,3)4/h7-8,12-13,18H,9-11H2,1-6H3/t12-,13?/m1/s1. The van der Waals surface area contributed by atoms with Crippen LogP contribution in [0.4, 0.5) is 4.79 Å². The lowest BCUT2D eigenvalue weighted by molar-refractivity contribution is -0.0640. The monoisotopic (exact) mass is 299 g/mol. The molecular formula is C16H29NO4. The summed E-state index contributed by atoms with van der Waals surface area (Å²) in [7, 11) is 0. The number of carbonyl (C=O) groups excluding carboxylic acids is 1. The molecule has 122 valence electrons. The van der Waals surface area contributed by atoms with E-state index in [0.29, 0.717) is 13.0 Å². The van der Waals surface area contributed by atoms with E-state index < -0.39 is 11.3 Å². The minimum Gasteiger partial charge on any atom is -0.444 e. The lowest BCUT2D eigenvalue weighted by Crippen LogP contribution is -2.51. The molecule has 0 aromatic rings. The normalized spacial score (nSPS) is 23.6. The average molecular weight is 299 g/mol. The molecule has 0 aromatic carbocycles. The van der Waals surface area contributed by atoms with Crippen molar-refractivity contribution >= 4 is 6.09 Å². The zero-order valence-electron chi connectivity index (χ0n) is 14.0. The van der Waals surface area contributed by atoms with Crippen molar-refractivity contribution in [3.05, 3.63) is 12.2 Å². The van der Waals surface area contributed by atoms with E-state index >= 15 is 0 Å². The fourth-order valence-electron chi connectivity index (χ4n) is 2.63. The summed E-state index contributed by atoms with van der Waals surface area (Å²) >= 11 is 0. The van der Waals surface area contributed by atoms with E-state index in [1.54, 1.807) is 4.90 Å². The fraction of sp³-hybridized carbons (Fsp3) is 0.812. The Labute approximate surface area is 127 Å². The van der Waals surface area contributed by atoms with Crippen LogP contribution >= 0.6 is 0 Å². The molecule has 1 unspecified atom stereocenters. The Balaban J connectivity index is 3.00. The number of aliphatic hydroxyl groups is 1. The summed E-state index contributed by atoms with van der Waals surface area (Å²) in [6.45, 7) is 11.7. The molecule has 1 aliphatic rings. The molecule has 1 N–H and O–H groups in total. The number of nitrogens with zero attached hydrogens (tertiary/aromatic N) is 1. The molecule has 1 aliphatic heterocycles. The smallest absolute Gasteiger partial charge is 0.412 e. The summed E-state index contributed by atoms with van der Waals surface area (Å²) in [5.41, 5.74) is -1.25. The van der Waals surface area contributed by atoms with Crippen LogP contribution in [0.15, 0.2) is 12.2 Å². The number of hydrogen-bond acceptors (Lipinski definition) is 4. The summed E-state index contributed by atoms with van der Waals surface area (Å²) in [6.07, 6.45) is 4.18. The van der Waals surface area contributed by atoms with E-state index in [2.05, 4.69) is 0 Å². The van der Waals surface area contributed by atoms with Crippen molar-refractivity contribution in [3.63, 3.8) is 0 Å². The number of ether oxygens (including phenoxy) is 2. The summed E-state index contributed by atoms with van der Waals surface area (Å²) in [5.74, 6) is 0.0503. The van der Waals surface area contributed by atoms with Gasteiger partial charge in [-0.2, -0.15) is 0 Å². The van der Waals surface area contributed by atoms with Gasteiger partial charge in [0, 0.05) is 12.5 Å². The Morgan fingerprint density at radius 3 is 2.62 bits per heavy atom. The Bertz CT molecular complexity index is 384. The molecule has 1 heterocycles. The Kier molecular flexibility index (Phi) is 5.82. The minimum atomic E-state index is -0.706. The first-order chi connectivity index (χ1) is 9.62. The van der Waals surface area contributed by atoms with Gasteiger partial charge in [-0.15, -0.1) is 0 Å². The van der Waals surface area contributed by atoms with Crippen LogP contribution in [0.25, 0.3) is 0 Å². The van der Waals surface area contributed by atoms with Crippen molar-refractivity contribution in [1.82, 2.24) is 4.90 Å². The minimum absolute atomic E-state index is 0.0503. The van der Waals surface area contributed by atoms with Gasteiger partial charge in [0.05, 0.1) is 12.6 Å². The lowest BCUT2D eigenvalue weighted by atomic mass is 9.95. The second-order valence-electron chi connectivity index (χ2n) is 6.88. The maximum absolute atomic E-state index is 12.5. The predicted molar refractivity (Wildman–Crippen MR) is 81.9 cm³/mol. The Morgan fingerprint density at radius 2 is 2.14 bits per heavy atom. The maximum atomic E-state index is 12.5. The van der Waals surface area contributed by atoms with Gasteiger partial charge in [-0.25, -0.2) is 4.79 Å². The molecule has 0 aromatic heterocycles. The number of aliphatic hydroxyl groups excluding tert-OH is 1. The molecular weight excluding hydrogens is 270 g/mol. The molecule has 1 rings (SSSR count). The van der Waals surface area contributed by atoms with Crippen LogP contribution in [0.2, 0.25) is 0 Å². The first kappa shape index (κ1) is 18.0. The lowest BCUT2D eigenvalue weighted by Gasteiger charge is -2.37. The second kappa shape index (κ2) is 6.79. The van der Waals surface area contributed by atoms with E-state index in [4.69, 9.17) is 9.47 Å². The summed E-state index contributed by atoms with van der Waals surface area (Å²) in [4.78, 5) is 14.2. The van der Waals surface area contributed by atoms with Gasteiger partial charge in [-0.1, -0.05) is 12.2 Å². The highest BCUT2D eigenvalue weighted by molar-refractivity contribution is 5.69. The van der Waals surface area contributed by atoms with Gasteiger partial charge in [-0.05, 0) is 48.0 Å². The number of rotatable bonds is 4. The molecule has 2 atom stereocenters. The van der Waals surface area contributed by atoms with Crippen molar-refractivity contribution in [2.75, 3.05) is 13.2 Å². The quantitative estimate of drug-likeness (QED) is 0.811. The van der Waals surface area contributed by atoms with Crippen LogP contribution < -0.4 is 0 Å². The molecule has 0 spiro atoms. The largest absolute Gasteiger partial charge is 0.444 e. The highest BCUT2D eigenvalue weighted by Gasteiger charge is 2.47. The summed E-state index contributed by atoms with van der Waals surface area (Å²) < 4.78 is 11.3. The third-order valence-electron chi connectivity index (χ3n) is 3.51. The predicted octanol–water partition coefficient (Wildman–Crippen LogP) is 2.93. The highest BCUT2D eigenvalue weighted by Crippen LogP contribution is 2.34. The van der Waals surface area contributed by atoms with E-state index in [1.807, 2.05) is 53.7 Å². The van der Waals surface area contributed by atoms with Crippen LogP contribution in [-0.2, 0) is 9.47 Å². The van der Waals surface area contributed by atoms with Crippen molar-refractivity contribution in [2.45, 2.75) is 65.3 Å². The van der Waals surface area contributed by atoms with Crippen molar-refractivity contribution in [1.29, 1.82) is 0 Å². The molecule has 0 aliphatic carbocycles. The number of allylic oxidation sites excluding steroid dienone is 1. The molecule has 21 heavy (non-hydrogen) atoms. The van der Waals surface area contributed by atoms with Gasteiger partial charge in [0.15, 0.2) is 0 Å². The van der Waals surface area contributed by atoms with E-state index in [1.165, 1.54) is 0 Å².